The first-order valence-electron chi connectivity index (χ1n) is 11.5. The zero-order chi connectivity index (χ0) is 24.5. The highest BCUT2D eigenvalue weighted by molar-refractivity contribution is 7.89. The fraction of sp³-hybridized carbons (Fsp3) is 0.522. The van der Waals surface area contributed by atoms with Crippen molar-refractivity contribution in [3.05, 3.63) is 30.2 Å². The number of ether oxygens (including phenoxy) is 1. The van der Waals surface area contributed by atoms with E-state index in [1.165, 1.54) is 10.5 Å². The maximum absolute atomic E-state index is 12.9. The van der Waals surface area contributed by atoms with E-state index in [0.29, 0.717) is 48.8 Å². The maximum Gasteiger partial charge on any atom is 0.262 e. The summed E-state index contributed by atoms with van der Waals surface area (Å²) in [6.07, 6.45) is 4.65. The van der Waals surface area contributed by atoms with Gasteiger partial charge in [-0.2, -0.15) is 4.31 Å². The fourth-order valence-electron chi connectivity index (χ4n) is 4.42. The molecule has 184 valence electrons. The van der Waals surface area contributed by atoms with Crippen molar-refractivity contribution in [1.29, 1.82) is 0 Å². The van der Waals surface area contributed by atoms with Gasteiger partial charge in [-0.1, -0.05) is 0 Å². The Labute approximate surface area is 199 Å². The van der Waals surface area contributed by atoms with Crippen molar-refractivity contribution in [3.63, 3.8) is 0 Å². The number of benzene rings is 1. The summed E-state index contributed by atoms with van der Waals surface area (Å²) in [5.41, 5.74) is 1.23. The van der Waals surface area contributed by atoms with Gasteiger partial charge in [0.15, 0.2) is 5.03 Å². The van der Waals surface area contributed by atoms with E-state index in [9.17, 15) is 18.0 Å². The lowest BCUT2D eigenvalue weighted by atomic mass is 9.97. The zero-order valence-corrected chi connectivity index (χ0v) is 20.6. The number of hydrogen-bond acceptors (Lipinski definition) is 6. The fourth-order valence-corrected chi connectivity index (χ4v) is 5.92. The molecule has 2 aliphatic rings. The minimum absolute atomic E-state index is 0.0356. The lowest BCUT2D eigenvalue weighted by Gasteiger charge is -2.30. The number of aryl methyl sites for hydroxylation is 2. The molecule has 0 spiro atoms. The van der Waals surface area contributed by atoms with Crippen molar-refractivity contribution in [2.24, 2.45) is 13.0 Å². The molecule has 0 unspecified atom stereocenters. The van der Waals surface area contributed by atoms with Crippen molar-refractivity contribution in [1.82, 2.24) is 13.9 Å². The molecule has 0 atom stereocenters. The molecule has 0 radical (unpaired) electrons. The van der Waals surface area contributed by atoms with Crippen molar-refractivity contribution in [2.45, 2.75) is 44.1 Å². The molecule has 2 aromatic rings. The number of aromatic nitrogens is 2. The smallest absolute Gasteiger partial charge is 0.262 e. The molecule has 0 bridgehead atoms. The molecular weight excluding hydrogens is 458 g/mol. The van der Waals surface area contributed by atoms with E-state index in [1.54, 1.807) is 48.7 Å². The van der Waals surface area contributed by atoms with Crippen molar-refractivity contribution in [2.75, 3.05) is 37.0 Å². The number of piperidine rings is 2. The van der Waals surface area contributed by atoms with E-state index in [0.717, 1.165) is 12.8 Å². The molecule has 4 rings (SSSR count). The Morgan fingerprint density at radius 1 is 1.18 bits per heavy atom. The molecule has 1 N–H and O–H groups in total. The zero-order valence-electron chi connectivity index (χ0n) is 19.8. The second-order valence-corrected chi connectivity index (χ2v) is 10.7. The molecule has 10 nitrogen and oxygen atoms in total. The van der Waals surface area contributed by atoms with E-state index < -0.39 is 10.0 Å². The predicted octanol–water partition coefficient (Wildman–Crippen LogP) is 2.29. The number of amides is 2. The molecule has 2 aliphatic heterocycles. The highest BCUT2D eigenvalue weighted by atomic mass is 32.2. The number of nitrogens with zero attached hydrogens (tertiary/aromatic N) is 4. The van der Waals surface area contributed by atoms with Gasteiger partial charge in [0.05, 0.1) is 12.8 Å². The molecule has 11 heteroatoms. The normalized spacial score (nSPS) is 18.2. The van der Waals surface area contributed by atoms with Crippen LogP contribution in [0, 0.1) is 12.8 Å². The lowest BCUT2D eigenvalue weighted by molar-refractivity contribution is -0.121. The van der Waals surface area contributed by atoms with E-state index in [1.807, 2.05) is 0 Å². The quantitative estimate of drug-likeness (QED) is 0.666. The van der Waals surface area contributed by atoms with Crippen LogP contribution in [0.15, 0.2) is 29.4 Å². The average Bonchev–Trinajstić information content (AvgIpc) is 3.18. The van der Waals surface area contributed by atoms with Crippen LogP contribution in [0.2, 0.25) is 0 Å². The topological polar surface area (TPSA) is 114 Å². The van der Waals surface area contributed by atoms with E-state index in [-0.39, 0.29) is 35.8 Å². The molecule has 2 amide bonds. The third-order valence-corrected chi connectivity index (χ3v) is 8.35. The van der Waals surface area contributed by atoms with Crippen LogP contribution in [0.3, 0.4) is 0 Å². The van der Waals surface area contributed by atoms with Gasteiger partial charge in [-0.25, -0.2) is 13.4 Å². The van der Waals surface area contributed by atoms with Crippen molar-refractivity contribution >= 4 is 33.2 Å². The van der Waals surface area contributed by atoms with E-state index >= 15 is 0 Å². The van der Waals surface area contributed by atoms with Gasteiger partial charge in [0.25, 0.3) is 10.0 Å². The van der Waals surface area contributed by atoms with Gasteiger partial charge in [0, 0.05) is 50.9 Å². The summed E-state index contributed by atoms with van der Waals surface area (Å²) in [6.45, 7) is 2.88. The van der Waals surface area contributed by atoms with E-state index in [4.69, 9.17) is 4.74 Å². The van der Waals surface area contributed by atoms with Gasteiger partial charge in [-0.05, 0) is 50.8 Å². The third kappa shape index (κ3) is 4.80. The Balaban J connectivity index is 1.41. The predicted molar refractivity (Wildman–Crippen MR) is 127 cm³/mol. The van der Waals surface area contributed by atoms with Gasteiger partial charge < -0.3 is 19.5 Å². The average molecular weight is 490 g/mol. The number of sulfonamides is 1. The Kier molecular flexibility index (Phi) is 6.94. The van der Waals surface area contributed by atoms with Crippen LogP contribution in [-0.2, 0) is 26.7 Å². The number of methoxy groups -OCH3 is 1. The second kappa shape index (κ2) is 9.75. The molecule has 34 heavy (non-hydrogen) atoms. The number of carbonyl (C=O) groups excluding carboxylic acids is 2. The van der Waals surface area contributed by atoms with Crippen molar-refractivity contribution < 1.29 is 22.7 Å². The Hall–Kier alpha value is -2.92. The van der Waals surface area contributed by atoms with Crippen molar-refractivity contribution in [3.8, 4) is 5.75 Å². The number of rotatable bonds is 6. The van der Waals surface area contributed by atoms with Gasteiger partial charge in [0.2, 0.25) is 11.8 Å². The van der Waals surface area contributed by atoms with Crippen LogP contribution in [0.1, 0.15) is 37.9 Å². The molecule has 1 aromatic carbocycles. The number of carbonyl (C=O) groups is 2. The number of anilines is 2. The summed E-state index contributed by atoms with van der Waals surface area (Å²) in [6, 6.07) is 5.26. The Morgan fingerprint density at radius 2 is 1.91 bits per heavy atom. The highest BCUT2D eigenvalue weighted by Gasteiger charge is 2.34. The van der Waals surface area contributed by atoms with Crippen LogP contribution >= 0.6 is 0 Å². The number of nitrogens with one attached hydrogen (secondary N) is 1. The van der Waals surface area contributed by atoms with Crippen LogP contribution in [0.5, 0.6) is 5.75 Å². The van der Waals surface area contributed by atoms with Gasteiger partial charge in [-0.3, -0.25) is 9.59 Å². The van der Waals surface area contributed by atoms with Crippen LogP contribution < -0.4 is 15.0 Å². The first kappa shape index (κ1) is 24.2. The number of imidazole rings is 1. The first-order chi connectivity index (χ1) is 16.2. The molecule has 2 fully saturated rings. The molecule has 0 aliphatic carbocycles. The maximum atomic E-state index is 12.9. The highest BCUT2D eigenvalue weighted by Crippen LogP contribution is 2.34. The molecule has 3 heterocycles. The molecule has 1 aromatic heterocycles. The third-order valence-electron chi connectivity index (χ3n) is 6.58. The van der Waals surface area contributed by atoms with Gasteiger partial charge >= 0.3 is 0 Å². The van der Waals surface area contributed by atoms with Gasteiger partial charge in [-0.15, -0.1) is 0 Å². The molecule has 0 saturated carbocycles. The lowest BCUT2D eigenvalue weighted by Crippen LogP contribution is -2.41. The Bertz CT molecular complexity index is 1160. The van der Waals surface area contributed by atoms with Crippen LogP contribution in [0.4, 0.5) is 11.4 Å². The summed E-state index contributed by atoms with van der Waals surface area (Å²) >= 11 is 0. The standard InChI is InChI=1S/C23H31N5O5S/c1-16-24-21(15-26(16)2)34(31,32)27-12-9-17(10-13-27)23(30)25-18-7-8-20(33-3)19(14-18)28-11-5-4-6-22(28)29/h7-8,14-15,17H,4-6,9-13H2,1-3H3,(H,25,30). The first-order valence-corrected chi connectivity index (χ1v) is 12.9. The molecule has 2 saturated heterocycles. The van der Waals surface area contributed by atoms with Gasteiger partial charge in [0.1, 0.15) is 11.6 Å². The Morgan fingerprint density at radius 3 is 2.53 bits per heavy atom. The summed E-state index contributed by atoms with van der Waals surface area (Å²) in [5, 5.41) is 2.97. The second-order valence-electron chi connectivity index (χ2n) is 8.79. The summed E-state index contributed by atoms with van der Waals surface area (Å²) < 4.78 is 34.3. The molecular formula is C23H31N5O5S. The SMILES string of the molecule is COc1ccc(NC(=O)C2CCN(S(=O)(=O)c3cn(C)c(C)n3)CC2)cc1N1CCCCC1=O. The number of hydrogen-bond donors (Lipinski definition) is 1. The van der Waals surface area contributed by atoms with Crippen LogP contribution in [-0.4, -0.2) is 60.8 Å². The van der Waals surface area contributed by atoms with Crippen LogP contribution in [0.25, 0.3) is 0 Å². The monoisotopic (exact) mass is 489 g/mol. The largest absolute Gasteiger partial charge is 0.495 e. The minimum Gasteiger partial charge on any atom is -0.495 e. The minimum atomic E-state index is -3.68. The summed E-state index contributed by atoms with van der Waals surface area (Å²) in [5.74, 6) is 0.782. The summed E-state index contributed by atoms with van der Waals surface area (Å²) in [7, 11) is -0.376. The van der Waals surface area contributed by atoms with E-state index in [2.05, 4.69) is 10.3 Å². The summed E-state index contributed by atoms with van der Waals surface area (Å²) in [4.78, 5) is 31.2.